The molecular formula is C6H14AgN4O2. The monoisotopic (exact) mass is 281 g/mol. The first-order chi connectivity index (χ1) is 5.54. The van der Waals surface area contributed by atoms with Crippen molar-refractivity contribution in [1.82, 2.24) is 0 Å². The molecule has 0 aromatic carbocycles. The summed E-state index contributed by atoms with van der Waals surface area (Å²) < 4.78 is 0. The van der Waals surface area contributed by atoms with Gasteiger partial charge >= 0.3 is 5.97 Å². The van der Waals surface area contributed by atoms with Gasteiger partial charge in [0, 0.05) is 28.9 Å². The summed E-state index contributed by atoms with van der Waals surface area (Å²) in [5.41, 5.74) is 15.3. The van der Waals surface area contributed by atoms with E-state index < -0.39 is 12.0 Å². The van der Waals surface area contributed by atoms with Gasteiger partial charge in [-0.15, -0.1) is 0 Å². The number of hydrogen-bond donors (Lipinski definition) is 4. The van der Waals surface area contributed by atoms with Crippen LogP contribution < -0.4 is 17.2 Å². The maximum atomic E-state index is 10.2. The third kappa shape index (κ3) is 9.35. The molecule has 0 saturated heterocycles. The number of hydrogen-bond acceptors (Lipinski definition) is 3. The van der Waals surface area contributed by atoms with Crippen LogP contribution >= 0.6 is 0 Å². The van der Waals surface area contributed by atoms with Gasteiger partial charge in [0.2, 0.25) is 0 Å². The molecule has 0 aromatic heterocycles. The van der Waals surface area contributed by atoms with Crippen LogP contribution in [0, 0.1) is 0 Å². The number of guanidine groups is 1. The molecule has 0 unspecified atom stereocenters. The van der Waals surface area contributed by atoms with E-state index in [1.165, 1.54) is 0 Å². The number of carboxylic acids is 1. The molecule has 0 saturated carbocycles. The van der Waals surface area contributed by atoms with Crippen molar-refractivity contribution in [2.24, 2.45) is 22.2 Å². The summed E-state index contributed by atoms with van der Waals surface area (Å²) in [6.45, 7) is 0.420. The fourth-order valence-electron chi connectivity index (χ4n) is 0.643. The number of carbonyl (C=O) groups is 1. The van der Waals surface area contributed by atoms with E-state index in [0.29, 0.717) is 19.4 Å². The smallest absolute Gasteiger partial charge is 0.320 e. The normalized spacial score (nSPS) is 11.2. The van der Waals surface area contributed by atoms with Crippen molar-refractivity contribution in [3.63, 3.8) is 0 Å². The molecule has 7 N–H and O–H groups in total. The third-order valence-electron chi connectivity index (χ3n) is 1.28. The Labute approximate surface area is 92.1 Å². The zero-order chi connectivity index (χ0) is 9.56. The van der Waals surface area contributed by atoms with E-state index >= 15 is 0 Å². The predicted molar refractivity (Wildman–Crippen MR) is 45.5 cm³/mol. The van der Waals surface area contributed by atoms with Crippen molar-refractivity contribution < 1.29 is 32.3 Å². The summed E-state index contributed by atoms with van der Waals surface area (Å²) in [4.78, 5) is 13.9. The fourth-order valence-corrected chi connectivity index (χ4v) is 0.643. The Hall–Kier alpha value is -0.560. The van der Waals surface area contributed by atoms with Crippen molar-refractivity contribution in [2.75, 3.05) is 6.54 Å². The standard InChI is InChI=1S/C6H14N4O2.Ag/c7-4(5(11)12)2-1-3-10-6(8)9;/h4H,1-3,7H2,(H,11,12)(H4,8,9,10);/t4-;/m0./s1. The number of nitrogens with two attached hydrogens (primary N) is 3. The van der Waals surface area contributed by atoms with Crippen molar-refractivity contribution in [2.45, 2.75) is 18.9 Å². The fraction of sp³-hybridized carbons (Fsp3) is 0.667. The SMILES string of the molecule is NC(N)=NCCC[C@H](N)C(=O)O.[Ag]. The van der Waals surface area contributed by atoms with Crippen molar-refractivity contribution in [3.05, 3.63) is 0 Å². The molecule has 7 heteroatoms. The van der Waals surface area contributed by atoms with Gasteiger partial charge in [0.05, 0.1) is 0 Å². The third-order valence-corrected chi connectivity index (χ3v) is 1.28. The van der Waals surface area contributed by atoms with Crippen molar-refractivity contribution in [1.29, 1.82) is 0 Å². The second-order valence-corrected chi connectivity index (χ2v) is 2.39. The van der Waals surface area contributed by atoms with Gasteiger partial charge in [0.25, 0.3) is 0 Å². The summed E-state index contributed by atoms with van der Waals surface area (Å²) in [6, 6.07) is -0.820. The maximum absolute atomic E-state index is 10.2. The van der Waals surface area contributed by atoms with Crippen LogP contribution in [0.5, 0.6) is 0 Å². The average molecular weight is 282 g/mol. The van der Waals surface area contributed by atoms with E-state index in [0.717, 1.165) is 0 Å². The second-order valence-electron chi connectivity index (χ2n) is 2.39. The van der Waals surface area contributed by atoms with E-state index in [-0.39, 0.29) is 28.3 Å². The van der Waals surface area contributed by atoms with Crippen LogP contribution in [-0.2, 0) is 27.2 Å². The Morgan fingerprint density at radius 3 is 2.38 bits per heavy atom. The van der Waals surface area contributed by atoms with E-state index in [1.807, 2.05) is 0 Å². The molecule has 0 rings (SSSR count). The largest absolute Gasteiger partial charge is 0.480 e. The predicted octanol–water partition coefficient (Wildman–Crippen LogP) is -1.55. The molecule has 0 bridgehead atoms. The van der Waals surface area contributed by atoms with Gasteiger partial charge < -0.3 is 22.3 Å². The molecule has 6 nitrogen and oxygen atoms in total. The summed E-state index contributed by atoms with van der Waals surface area (Å²) in [5.74, 6) is -0.987. The van der Waals surface area contributed by atoms with Crippen molar-refractivity contribution >= 4 is 11.9 Å². The summed E-state index contributed by atoms with van der Waals surface area (Å²) in [5, 5.41) is 8.38. The first kappa shape index (κ1) is 14.9. The summed E-state index contributed by atoms with van der Waals surface area (Å²) in [7, 11) is 0. The van der Waals surface area contributed by atoms with E-state index in [9.17, 15) is 4.79 Å². The first-order valence-corrected chi connectivity index (χ1v) is 3.58. The average Bonchev–Trinajstić information content (AvgIpc) is 1.97. The molecular weight excluding hydrogens is 268 g/mol. The minimum absolute atomic E-state index is 0. The molecule has 0 aliphatic rings. The molecule has 0 heterocycles. The van der Waals surface area contributed by atoms with Gasteiger partial charge in [-0.1, -0.05) is 0 Å². The minimum atomic E-state index is -1.00. The Kier molecular flexibility index (Phi) is 9.26. The molecule has 0 amide bonds. The van der Waals surface area contributed by atoms with Gasteiger partial charge in [0.1, 0.15) is 6.04 Å². The zero-order valence-electron chi connectivity index (χ0n) is 7.03. The summed E-state index contributed by atoms with van der Waals surface area (Å²) >= 11 is 0. The van der Waals surface area contributed by atoms with Crippen molar-refractivity contribution in [3.8, 4) is 0 Å². The number of aliphatic carboxylic acids is 1. The molecule has 1 atom stereocenters. The topological polar surface area (TPSA) is 128 Å². The number of carboxylic acid groups (broad SMARTS) is 1. The van der Waals surface area contributed by atoms with Gasteiger partial charge in [-0.3, -0.25) is 9.79 Å². The van der Waals surface area contributed by atoms with Gasteiger partial charge in [0.15, 0.2) is 5.96 Å². The maximum Gasteiger partial charge on any atom is 0.320 e. The van der Waals surface area contributed by atoms with Gasteiger partial charge in [-0.05, 0) is 12.8 Å². The number of rotatable bonds is 5. The van der Waals surface area contributed by atoms with E-state index in [4.69, 9.17) is 22.3 Å². The zero-order valence-corrected chi connectivity index (χ0v) is 8.52. The molecule has 0 aliphatic carbocycles. The molecule has 81 valence electrons. The molecule has 1 radical (unpaired) electrons. The van der Waals surface area contributed by atoms with Crippen LogP contribution in [-0.4, -0.2) is 29.6 Å². The molecule has 0 aliphatic heterocycles. The number of nitrogens with zero attached hydrogens (tertiary/aromatic N) is 1. The summed E-state index contributed by atoms with van der Waals surface area (Å²) in [6.07, 6.45) is 0.956. The van der Waals surface area contributed by atoms with Crippen LogP contribution in [0.15, 0.2) is 4.99 Å². The number of aliphatic imine (C=N–C) groups is 1. The van der Waals surface area contributed by atoms with Crippen LogP contribution in [0.2, 0.25) is 0 Å². The Balaban J connectivity index is 0. The molecule has 0 spiro atoms. The Morgan fingerprint density at radius 1 is 1.46 bits per heavy atom. The Bertz CT molecular complexity index is 181. The Morgan fingerprint density at radius 2 is 2.00 bits per heavy atom. The molecule has 13 heavy (non-hydrogen) atoms. The van der Waals surface area contributed by atoms with Gasteiger partial charge in [-0.2, -0.15) is 0 Å². The first-order valence-electron chi connectivity index (χ1n) is 3.58. The van der Waals surface area contributed by atoms with Crippen LogP contribution in [0.1, 0.15) is 12.8 Å². The minimum Gasteiger partial charge on any atom is -0.480 e. The van der Waals surface area contributed by atoms with Gasteiger partial charge in [-0.25, -0.2) is 0 Å². The van der Waals surface area contributed by atoms with Crippen LogP contribution in [0.3, 0.4) is 0 Å². The molecule has 0 aromatic rings. The van der Waals surface area contributed by atoms with E-state index in [2.05, 4.69) is 4.99 Å². The second kappa shape index (κ2) is 8.06. The van der Waals surface area contributed by atoms with Crippen LogP contribution in [0.4, 0.5) is 0 Å². The van der Waals surface area contributed by atoms with E-state index in [1.54, 1.807) is 0 Å². The molecule has 0 fully saturated rings. The quantitative estimate of drug-likeness (QED) is 0.210. The van der Waals surface area contributed by atoms with Crippen LogP contribution in [0.25, 0.3) is 0 Å².